The number of amides is 1. The van der Waals surface area contributed by atoms with Crippen LogP contribution in [0.3, 0.4) is 0 Å². The first kappa shape index (κ1) is 19.7. The van der Waals surface area contributed by atoms with Gasteiger partial charge < -0.3 is 15.4 Å². The van der Waals surface area contributed by atoms with E-state index < -0.39 is 10.0 Å². The average molecular weight is 421 g/mol. The topological polar surface area (TPSA) is 96.9 Å². The van der Waals surface area contributed by atoms with Gasteiger partial charge in [0.05, 0.1) is 7.11 Å². The Balaban J connectivity index is 1.44. The molecule has 30 heavy (non-hydrogen) atoms. The molecular weight excluding hydrogens is 402 g/mol. The number of methoxy groups -OCH3 is 1. The molecule has 0 spiro atoms. The highest BCUT2D eigenvalue weighted by molar-refractivity contribution is 7.90. The lowest BCUT2D eigenvalue weighted by Crippen LogP contribution is -2.23. The molecule has 3 aromatic rings. The molecule has 3 aromatic carbocycles. The Kier molecular flexibility index (Phi) is 5.24. The van der Waals surface area contributed by atoms with Gasteiger partial charge in [-0.25, -0.2) is 0 Å². The van der Waals surface area contributed by atoms with Crippen molar-refractivity contribution in [3.05, 3.63) is 89.5 Å². The maximum atomic E-state index is 12.4. The van der Waals surface area contributed by atoms with Crippen LogP contribution in [0, 0.1) is 0 Å². The van der Waals surface area contributed by atoms with Crippen LogP contribution < -0.4 is 15.4 Å². The Morgan fingerprint density at radius 2 is 1.67 bits per heavy atom. The molecule has 8 heteroatoms. The van der Waals surface area contributed by atoms with Crippen LogP contribution in [-0.4, -0.2) is 27.3 Å². The smallest absolute Gasteiger partial charge is 0.285 e. The molecule has 7 nitrogen and oxygen atoms in total. The van der Waals surface area contributed by atoms with E-state index in [4.69, 9.17) is 4.74 Å². The summed E-state index contributed by atoms with van der Waals surface area (Å²) >= 11 is 0. The number of rotatable bonds is 5. The van der Waals surface area contributed by atoms with Gasteiger partial charge in [-0.3, -0.25) is 4.79 Å². The van der Waals surface area contributed by atoms with Crippen LogP contribution in [0.25, 0.3) is 0 Å². The summed E-state index contributed by atoms with van der Waals surface area (Å²) in [4.78, 5) is 12.6. The molecule has 0 saturated heterocycles. The van der Waals surface area contributed by atoms with Gasteiger partial charge in [-0.1, -0.05) is 30.3 Å². The molecule has 4 rings (SSSR count). The first-order valence-corrected chi connectivity index (χ1v) is 10.6. The van der Waals surface area contributed by atoms with Gasteiger partial charge in [-0.05, 0) is 42.5 Å². The quantitative estimate of drug-likeness (QED) is 0.660. The summed E-state index contributed by atoms with van der Waals surface area (Å²) in [6.07, 6.45) is 0. The fourth-order valence-electron chi connectivity index (χ4n) is 3.16. The van der Waals surface area contributed by atoms with Crippen molar-refractivity contribution in [2.45, 2.75) is 11.4 Å². The molecule has 0 fully saturated rings. The van der Waals surface area contributed by atoms with Crippen molar-refractivity contribution in [3.8, 4) is 5.75 Å². The lowest BCUT2D eigenvalue weighted by atomic mass is 10.1. The van der Waals surface area contributed by atoms with Crippen molar-refractivity contribution in [2.75, 3.05) is 12.4 Å². The lowest BCUT2D eigenvalue weighted by Gasteiger charge is -2.10. The van der Waals surface area contributed by atoms with Crippen LogP contribution in [0.1, 0.15) is 21.5 Å². The van der Waals surface area contributed by atoms with E-state index in [2.05, 4.69) is 15.0 Å². The van der Waals surface area contributed by atoms with Crippen molar-refractivity contribution in [2.24, 2.45) is 4.40 Å². The Hall–Kier alpha value is -3.65. The van der Waals surface area contributed by atoms with E-state index in [-0.39, 0.29) is 16.6 Å². The summed E-state index contributed by atoms with van der Waals surface area (Å²) in [6, 6.07) is 20.9. The summed E-state index contributed by atoms with van der Waals surface area (Å²) in [5.41, 5.74) is 2.51. The van der Waals surface area contributed by atoms with Gasteiger partial charge in [0.1, 0.15) is 10.6 Å². The minimum absolute atomic E-state index is 0.180. The molecule has 1 amide bonds. The van der Waals surface area contributed by atoms with Crippen molar-refractivity contribution >= 4 is 27.5 Å². The molecule has 0 aromatic heterocycles. The van der Waals surface area contributed by atoms with E-state index in [1.165, 1.54) is 6.07 Å². The highest BCUT2D eigenvalue weighted by Crippen LogP contribution is 2.26. The molecule has 1 aliphatic rings. The van der Waals surface area contributed by atoms with Gasteiger partial charge in [0.15, 0.2) is 5.84 Å². The molecule has 0 aliphatic carbocycles. The number of nitrogens with zero attached hydrogens (tertiary/aromatic N) is 1. The van der Waals surface area contributed by atoms with E-state index >= 15 is 0 Å². The maximum absolute atomic E-state index is 12.4. The molecule has 0 radical (unpaired) electrons. The minimum Gasteiger partial charge on any atom is -0.496 e. The van der Waals surface area contributed by atoms with E-state index in [0.717, 1.165) is 5.56 Å². The number of carbonyl (C=O) groups excluding carboxylic acids is 1. The van der Waals surface area contributed by atoms with Gasteiger partial charge >= 0.3 is 0 Å². The number of hydrogen-bond donors (Lipinski definition) is 2. The Labute approximate surface area is 174 Å². The molecule has 0 atom stereocenters. The van der Waals surface area contributed by atoms with E-state index in [1.54, 1.807) is 49.6 Å². The van der Waals surface area contributed by atoms with Crippen LogP contribution in [0.5, 0.6) is 5.75 Å². The second kappa shape index (κ2) is 8.00. The zero-order valence-corrected chi connectivity index (χ0v) is 16.9. The first-order valence-electron chi connectivity index (χ1n) is 9.19. The Bertz CT molecular complexity index is 1240. The molecule has 0 saturated carbocycles. The van der Waals surface area contributed by atoms with Gasteiger partial charge in [0.25, 0.3) is 15.9 Å². The standard InChI is InChI=1S/C22H19N3O4S/c1-29-19-8-4-2-6-16(19)14-23-22(26)15-10-12-17(13-11-15)24-21-18-7-3-5-9-20(18)30(27,28)25-21/h2-13H,14H2,1H3,(H,23,26)(H,24,25). The van der Waals surface area contributed by atoms with Gasteiger partial charge in [-0.2, -0.15) is 8.42 Å². The number of carbonyl (C=O) groups is 1. The average Bonchev–Trinajstić information content (AvgIpc) is 3.03. The second-order valence-corrected chi connectivity index (χ2v) is 8.18. The van der Waals surface area contributed by atoms with Crippen LogP contribution in [-0.2, 0) is 16.6 Å². The number of amidine groups is 1. The summed E-state index contributed by atoms with van der Waals surface area (Å²) in [5, 5.41) is 5.88. The predicted molar refractivity (Wildman–Crippen MR) is 114 cm³/mol. The van der Waals surface area contributed by atoms with Crippen molar-refractivity contribution in [1.29, 1.82) is 0 Å². The molecule has 2 N–H and O–H groups in total. The number of hydrogen-bond acceptors (Lipinski definition) is 5. The van der Waals surface area contributed by atoms with Crippen molar-refractivity contribution in [3.63, 3.8) is 0 Å². The number of anilines is 1. The minimum atomic E-state index is -3.68. The third kappa shape index (κ3) is 3.90. The summed E-state index contributed by atoms with van der Waals surface area (Å²) in [5.74, 6) is 0.752. The number of ether oxygens (including phenoxy) is 1. The molecule has 0 unspecified atom stereocenters. The maximum Gasteiger partial charge on any atom is 0.285 e. The summed E-state index contributed by atoms with van der Waals surface area (Å²) in [6.45, 7) is 0.342. The zero-order chi connectivity index (χ0) is 21.1. The van der Waals surface area contributed by atoms with Crippen LogP contribution in [0.15, 0.2) is 82.1 Å². The van der Waals surface area contributed by atoms with Crippen LogP contribution >= 0.6 is 0 Å². The van der Waals surface area contributed by atoms with Gasteiger partial charge in [0, 0.05) is 28.9 Å². The second-order valence-electron chi connectivity index (χ2n) is 6.61. The molecule has 1 heterocycles. The van der Waals surface area contributed by atoms with Crippen molar-refractivity contribution in [1.82, 2.24) is 5.32 Å². The first-order chi connectivity index (χ1) is 14.5. The molecule has 152 valence electrons. The number of sulfonamides is 1. The zero-order valence-electron chi connectivity index (χ0n) is 16.1. The number of fused-ring (bicyclic) bond motifs is 1. The fraction of sp³-hybridized carbons (Fsp3) is 0.0909. The Morgan fingerprint density at radius 3 is 2.43 bits per heavy atom. The number of para-hydroxylation sites is 1. The van der Waals surface area contributed by atoms with Gasteiger partial charge in [0.2, 0.25) is 0 Å². The third-order valence-electron chi connectivity index (χ3n) is 4.67. The number of benzene rings is 3. The molecular formula is C22H19N3O4S. The summed E-state index contributed by atoms with van der Waals surface area (Å²) in [7, 11) is -2.10. The molecule has 1 aliphatic heterocycles. The van der Waals surface area contributed by atoms with E-state index in [1.807, 2.05) is 24.3 Å². The predicted octanol–water partition coefficient (Wildman–Crippen LogP) is 3.19. The van der Waals surface area contributed by atoms with Crippen LogP contribution in [0.2, 0.25) is 0 Å². The lowest BCUT2D eigenvalue weighted by molar-refractivity contribution is 0.0950. The van der Waals surface area contributed by atoms with Crippen molar-refractivity contribution < 1.29 is 17.9 Å². The largest absolute Gasteiger partial charge is 0.496 e. The number of nitrogens with one attached hydrogen (secondary N) is 2. The monoisotopic (exact) mass is 421 g/mol. The highest BCUT2D eigenvalue weighted by Gasteiger charge is 2.28. The van der Waals surface area contributed by atoms with E-state index in [9.17, 15) is 13.2 Å². The van der Waals surface area contributed by atoms with Crippen LogP contribution in [0.4, 0.5) is 5.69 Å². The van der Waals surface area contributed by atoms with E-state index in [0.29, 0.717) is 29.1 Å². The SMILES string of the molecule is COc1ccccc1CNC(=O)c1ccc(NC2=NS(=O)(=O)c3ccccc32)cc1. The third-order valence-corrected chi connectivity index (χ3v) is 6.01. The molecule has 0 bridgehead atoms. The fourth-order valence-corrected chi connectivity index (χ4v) is 4.34. The van der Waals surface area contributed by atoms with Gasteiger partial charge in [-0.15, -0.1) is 4.40 Å². The Morgan fingerprint density at radius 1 is 0.967 bits per heavy atom. The normalized spacial score (nSPS) is 13.8. The highest BCUT2D eigenvalue weighted by atomic mass is 32.2. The summed E-state index contributed by atoms with van der Waals surface area (Å²) < 4.78 is 33.4.